The van der Waals surface area contributed by atoms with Crippen molar-refractivity contribution in [2.24, 2.45) is 5.92 Å². The summed E-state index contributed by atoms with van der Waals surface area (Å²) in [5.74, 6) is -0.0528. The van der Waals surface area contributed by atoms with Crippen LogP contribution in [0, 0.1) is 5.92 Å². The molecule has 2 aromatic rings. The Morgan fingerprint density at radius 1 is 1.14 bits per heavy atom. The van der Waals surface area contributed by atoms with Gasteiger partial charge in [0.2, 0.25) is 5.91 Å². The smallest absolute Gasteiger partial charge is 0.274 e. The fourth-order valence-electron chi connectivity index (χ4n) is 4.15. The van der Waals surface area contributed by atoms with Gasteiger partial charge in [0.1, 0.15) is 0 Å². The number of pyridine rings is 1. The number of nitrogens with zero attached hydrogens (tertiary/aromatic N) is 4. The van der Waals surface area contributed by atoms with Crippen molar-refractivity contribution in [1.29, 1.82) is 0 Å². The zero-order chi connectivity index (χ0) is 19.5. The summed E-state index contributed by atoms with van der Waals surface area (Å²) in [6.07, 6.45) is 6.52. The van der Waals surface area contributed by atoms with Gasteiger partial charge in [0.05, 0.1) is 18.3 Å². The summed E-state index contributed by atoms with van der Waals surface area (Å²) in [6.45, 7) is 1.85. The second-order valence-electron chi connectivity index (χ2n) is 7.48. The van der Waals surface area contributed by atoms with Gasteiger partial charge >= 0.3 is 0 Å². The van der Waals surface area contributed by atoms with E-state index in [1.54, 1.807) is 23.4 Å². The molecule has 2 N–H and O–H groups in total. The van der Waals surface area contributed by atoms with E-state index in [4.69, 9.17) is 0 Å². The minimum atomic E-state index is -0.114. The van der Waals surface area contributed by atoms with E-state index in [1.807, 2.05) is 17.0 Å². The fourth-order valence-corrected chi connectivity index (χ4v) is 4.15. The molecule has 0 aromatic carbocycles. The summed E-state index contributed by atoms with van der Waals surface area (Å²) in [5.41, 5.74) is 2.09. The van der Waals surface area contributed by atoms with Crippen LogP contribution in [0.3, 0.4) is 0 Å². The predicted molar refractivity (Wildman–Crippen MR) is 102 cm³/mol. The first-order valence-corrected chi connectivity index (χ1v) is 9.84. The second-order valence-corrected chi connectivity index (χ2v) is 7.48. The van der Waals surface area contributed by atoms with Gasteiger partial charge in [-0.25, -0.2) is 0 Å². The van der Waals surface area contributed by atoms with Crippen LogP contribution >= 0.6 is 0 Å². The molecule has 0 spiro atoms. The normalized spacial score (nSPS) is 20.5. The maximum absolute atomic E-state index is 12.8. The molecule has 0 bridgehead atoms. The highest BCUT2D eigenvalue weighted by molar-refractivity contribution is 5.93. The number of amides is 2. The summed E-state index contributed by atoms with van der Waals surface area (Å²) < 4.78 is 0. The number of rotatable bonds is 4. The topological polar surface area (TPSA) is 102 Å². The first-order valence-electron chi connectivity index (χ1n) is 9.84. The van der Waals surface area contributed by atoms with Gasteiger partial charge in [0.15, 0.2) is 5.69 Å². The van der Waals surface area contributed by atoms with E-state index in [0.29, 0.717) is 31.6 Å². The Morgan fingerprint density at radius 2 is 1.89 bits per heavy atom. The van der Waals surface area contributed by atoms with Gasteiger partial charge in [-0.2, -0.15) is 5.10 Å². The monoisotopic (exact) mass is 383 g/mol. The summed E-state index contributed by atoms with van der Waals surface area (Å²) in [6, 6.07) is 5.43. The lowest BCUT2D eigenvalue weighted by atomic mass is 9.94. The number of carbonyl (C=O) groups excluding carboxylic acids is 2. The molecule has 28 heavy (non-hydrogen) atoms. The molecular weight excluding hydrogens is 358 g/mol. The highest BCUT2D eigenvalue weighted by Gasteiger charge is 2.35. The van der Waals surface area contributed by atoms with E-state index in [1.165, 1.54) is 0 Å². The van der Waals surface area contributed by atoms with Crippen LogP contribution in [0.2, 0.25) is 0 Å². The SMILES string of the molecule is O=C(c1cc(-c2ccncc2)[nH]n1)N1CCC(C(=O)N2CCC[C@H]2CO)CC1. The van der Waals surface area contributed by atoms with Crippen molar-refractivity contribution in [1.82, 2.24) is 25.0 Å². The number of likely N-dealkylation sites (tertiary alicyclic amines) is 2. The first-order chi connectivity index (χ1) is 13.7. The van der Waals surface area contributed by atoms with Gasteiger partial charge in [0, 0.05) is 43.5 Å². The van der Waals surface area contributed by atoms with Gasteiger partial charge in [-0.1, -0.05) is 0 Å². The second kappa shape index (κ2) is 8.10. The van der Waals surface area contributed by atoms with Crippen LogP contribution in [0.4, 0.5) is 0 Å². The number of nitrogens with one attached hydrogen (secondary N) is 1. The van der Waals surface area contributed by atoms with Crippen LogP contribution in [-0.2, 0) is 4.79 Å². The lowest BCUT2D eigenvalue weighted by Crippen LogP contribution is -2.46. The van der Waals surface area contributed by atoms with Crippen molar-refractivity contribution in [2.45, 2.75) is 31.7 Å². The van der Waals surface area contributed by atoms with Gasteiger partial charge < -0.3 is 14.9 Å². The highest BCUT2D eigenvalue weighted by atomic mass is 16.3. The molecule has 8 nitrogen and oxygen atoms in total. The molecule has 4 heterocycles. The van der Waals surface area contributed by atoms with Gasteiger partial charge in [-0.3, -0.25) is 19.7 Å². The van der Waals surface area contributed by atoms with Gasteiger partial charge in [-0.05, 0) is 43.9 Å². The van der Waals surface area contributed by atoms with E-state index < -0.39 is 0 Å². The Kier molecular flexibility index (Phi) is 5.38. The number of aromatic nitrogens is 3. The zero-order valence-corrected chi connectivity index (χ0v) is 15.8. The maximum Gasteiger partial charge on any atom is 0.274 e. The molecule has 0 unspecified atom stereocenters. The molecule has 2 amide bonds. The first kappa shape index (κ1) is 18.6. The number of hydrogen-bond acceptors (Lipinski definition) is 5. The van der Waals surface area contributed by atoms with Crippen molar-refractivity contribution >= 4 is 11.8 Å². The number of carbonyl (C=O) groups is 2. The molecule has 2 saturated heterocycles. The molecule has 2 aliphatic rings. The molecule has 2 aliphatic heterocycles. The summed E-state index contributed by atoms with van der Waals surface area (Å²) in [4.78, 5) is 33.1. The zero-order valence-electron chi connectivity index (χ0n) is 15.8. The maximum atomic E-state index is 12.8. The molecule has 8 heteroatoms. The number of aromatic amines is 1. The minimum absolute atomic E-state index is 0.0298. The highest BCUT2D eigenvalue weighted by Crippen LogP contribution is 2.26. The Bertz CT molecular complexity index is 829. The van der Waals surface area contributed by atoms with Crippen molar-refractivity contribution in [3.8, 4) is 11.3 Å². The quantitative estimate of drug-likeness (QED) is 0.829. The Balaban J connectivity index is 1.35. The van der Waals surface area contributed by atoms with Gasteiger partial charge in [-0.15, -0.1) is 0 Å². The molecule has 1 atom stereocenters. The third-order valence-electron chi connectivity index (χ3n) is 5.79. The lowest BCUT2D eigenvalue weighted by Gasteiger charge is -2.34. The third-order valence-corrected chi connectivity index (χ3v) is 5.79. The Morgan fingerprint density at radius 3 is 2.61 bits per heavy atom. The van der Waals surface area contributed by atoms with E-state index in [2.05, 4.69) is 15.2 Å². The van der Waals surface area contributed by atoms with Crippen LogP contribution in [0.5, 0.6) is 0 Å². The lowest BCUT2D eigenvalue weighted by molar-refractivity contribution is -0.138. The standard InChI is InChI=1S/C20H25N5O3/c26-13-16-2-1-9-25(16)19(27)15-5-10-24(11-6-15)20(28)18-12-17(22-23-18)14-3-7-21-8-4-14/h3-4,7-8,12,15-16,26H,1-2,5-6,9-11,13H2,(H,22,23)/t16-/m0/s1. The number of piperidine rings is 1. The van der Waals surface area contributed by atoms with Crippen LogP contribution in [-0.4, -0.2) is 74.2 Å². The molecule has 148 valence electrons. The molecule has 4 rings (SSSR count). The molecular formula is C20H25N5O3. The number of aliphatic hydroxyl groups is 1. The fraction of sp³-hybridized carbons (Fsp3) is 0.500. The number of aliphatic hydroxyl groups excluding tert-OH is 1. The number of H-pyrrole nitrogens is 1. The van der Waals surface area contributed by atoms with E-state index >= 15 is 0 Å². The molecule has 0 saturated carbocycles. The average Bonchev–Trinajstić information content (AvgIpc) is 3.43. The number of hydrogen-bond donors (Lipinski definition) is 2. The molecule has 0 aliphatic carbocycles. The Labute approximate surface area is 163 Å². The van der Waals surface area contributed by atoms with Crippen molar-refractivity contribution in [2.75, 3.05) is 26.2 Å². The van der Waals surface area contributed by atoms with Crippen molar-refractivity contribution in [3.05, 3.63) is 36.3 Å². The molecule has 2 fully saturated rings. The van der Waals surface area contributed by atoms with E-state index in [0.717, 1.165) is 30.6 Å². The summed E-state index contributed by atoms with van der Waals surface area (Å²) in [7, 11) is 0. The third kappa shape index (κ3) is 3.64. The molecule has 2 aromatic heterocycles. The van der Waals surface area contributed by atoms with E-state index in [9.17, 15) is 14.7 Å². The predicted octanol–water partition coefficient (Wildman–Crippen LogP) is 1.31. The van der Waals surface area contributed by atoms with E-state index in [-0.39, 0.29) is 30.4 Å². The largest absolute Gasteiger partial charge is 0.394 e. The Hall–Kier alpha value is -2.74. The minimum Gasteiger partial charge on any atom is -0.394 e. The molecule has 0 radical (unpaired) electrons. The average molecular weight is 383 g/mol. The summed E-state index contributed by atoms with van der Waals surface area (Å²) >= 11 is 0. The summed E-state index contributed by atoms with van der Waals surface area (Å²) in [5, 5.41) is 16.5. The van der Waals surface area contributed by atoms with Crippen LogP contribution < -0.4 is 0 Å². The van der Waals surface area contributed by atoms with Crippen LogP contribution in [0.25, 0.3) is 11.3 Å². The van der Waals surface area contributed by atoms with Crippen LogP contribution in [0.15, 0.2) is 30.6 Å². The van der Waals surface area contributed by atoms with Gasteiger partial charge in [0.25, 0.3) is 5.91 Å². The van der Waals surface area contributed by atoms with Crippen molar-refractivity contribution < 1.29 is 14.7 Å². The van der Waals surface area contributed by atoms with Crippen molar-refractivity contribution in [3.63, 3.8) is 0 Å². The van der Waals surface area contributed by atoms with Crippen LogP contribution in [0.1, 0.15) is 36.2 Å².